The summed E-state index contributed by atoms with van der Waals surface area (Å²) < 4.78 is 28.2. The lowest BCUT2D eigenvalue weighted by atomic mass is 9.90. The number of hydrogen-bond donors (Lipinski definition) is 1. The van der Waals surface area contributed by atoms with Crippen molar-refractivity contribution in [3.8, 4) is 0 Å². The molecule has 0 unspecified atom stereocenters. The first-order valence-corrected chi connectivity index (χ1v) is 8.60. The Bertz CT molecular complexity index is 373. The van der Waals surface area contributed by atoms with E-state index in [1.165, 1.54) is 21.5 Å². The molecule has 1 aliphatic carbocycles. The largest absolute Gasteiger partial charge is 0.329 e. The highest BCUT2D eigenvalue weighted by atomic mass is 32.2. The van der Waals surface area contributed by atoms with Gasteiger partial charge in [0.1, 0.15) is 0 Å². The maximum absolute atomic E-state index is 12.6. The van der Waals surface area contributed by atoms with Crippen LogP contribution >= 0.6 is 0 Å². The Labute approximate surface area is 118 Å². The molecule has 2 N–H and O–H groups in total. The summed E-state index contributed by atoms with van der Waals surface area (Å²) in [5.74, 6) is 0. The molecule has 1 saturated carbocycles. The van der Waals surface area contributed by atoms with Gasteiger partial charge in [0, 0.05) is 32.2 Å². The maximum atomic E-state index is 12.6. The molecule has 0 aromatic heterocycles. The lowest BCUT2D eigenvalue weighted by Crippen LogP contribution is -2.58. The summed E-state index contributed by atoms with van der Waals surface area (Å²) in [6.45, 7) is 4.16. The fraction of sp³-hybridized carbons (Fsp3) is 1.00. The zero-order chi connectivity index (χ0) is 14.7. The van der Waals surface area contributed by atoms with Gasteiger partial charge >= 0.3 is 0 Å². The van der Waals surface area contributed by atoms with Crippen molar-refractivity contribution in [3.63, 3.8) is 0 Å². The lowest BCUT2D eigenvalue weighted by Gasteiger charge is -2.42. The fourth-order valence-electron chi connectivity index (χ4n) is 2.74. The van der Waals surface area contributed by atoms with Gasteiger partial charge in [-0.2, -0.15) is 17.0 Å². The second-order valence-corrected chi connectivity index (χ2v) is 7.95. The number of nitrogens with two attached hydrogens (primary N) is 1. The quantitative estimate of drug-likeness (QED) is 0.782. The first-order chi connectivity index (χ1) is 8.78. The summed E-state index contributed by atoms with van der Waals surface area (Å²) >= 11 is 0. The fourth-order valence-corrected chi connectivity index (χ4v) is 4.40. The summed E-state index contributed by atoms with van der Waals surface area (Å²) in [7, 11) is -0.115. The van der Waals surface area contributed by atoms with E-state index in [9.17, 15) is 8.42 Å². The standard InChI is InChI=1S/C13H29N3O2S/c1-12(2)15(3)19(17,18)16(4)13(11-14)9-7-5-6-8-10-13/h12H,5-11,14H2,1-4H3. The van der Waals surface area contributed by atoms with Gasteiger partial charge in [0.25, 0.3) is 10.2 Å². The molecule has 1 rings (SSSR count). The Morgan fingerprint density at radius 3 is 1.95 bits per heavy atom. The molecule has 1 aliphatic rings. The van der Waals surface area contributed by atoms with Gasteiger partial charge in [0.05, 0.1) is 0 Å². The minimum Gasteiger partial charge on any atom is -0.329 e. The minimum absolute atomic E-state index is 0.0481. The van der Waals surface area contributed by atoms with E-state index < -0.39 is 15.7 Å². The molecular formula is C13H29N3O2S. The van der Waals surface area contributed by atoms with Crippen LogP contribution in [0, 0.1) is 0 Å². The van der Waals surface area contributed by atoms with Crippen LogP contribution < -0.4 is 5.73 Å². The molecular weight excluding hydrogens is 262 g/mol. The van der Waals surface area contributed by atoms with Crippen molar-refractivity contribution >= 4 is 10.2 Å². The summed E-state index contributed by atoms with van der Waals surface area (Å²) in [6.07, 6.45) is 6.20. The molecule has 0 aromatic carbocycles. The highest BCUT2D eigenvalue weighted by Crippen LogP contribution is 2.33. The molecule has 0 aliphatic heterocycles. The molecule has 0 spiro atoms. The van der Waals surface area contributed by atoms with Crippen LogP contribution in [0.3, 0.4) is 0 Å². The third-order valence-electron chi connectivity index (χ3n) is 4.52. The second kappa shape index (κ2) is 6.52. The number of likely N-dealkylation sites (N-methyl/N-ethyl adjacent to an activating group) is 1. The Morgan fingerprint density at radius 2 is 1.58 bits per heavy atom. The van der Waals surface area contributed by atoms with Crippen LogP contribution in [-0.4, -0.2) is 49.2 Å². The molecule has 5 nitrogen and oxygen atoms in total. The van der Waals surface area contributed by atoms with Crippen molar-refractivity contribution in [1.29, 1.82) is 0 Å². The van der Waals surface area contributed by atoms with E-state index in [0.717, 1.165) is 25.7 Å². The van der Waals surface area contributed by atoms with Crippen molar-refractivity contribution < 1.29 is 8.42 Å². The minimum atomic E-state index is -3.44. The molecule has 19 heavy (non-hydrogen) atoms. The Morgan fingerprint density at radius 1 is 1.11 bits per heavy atom. The molecule has 0 radical (unpaired) electrons. The van der Waals surface area contributed by atoms with Gasteiger partial charge < -0.3 is 5.73 Å². The van der Waals surface area contributed by atoms with Crippen LogP contribution in [0.4, 0.5) is 0 Å². The van der Waals surface area contributed by atoms with Gasteiger partial charge in [0.15, 0.2) is 0 Å². The first-order valence-electron chi connectivity index (χ1n) is 7.20. The molecule has 6 heteroatoms. The zero-order valence-corrected chi connectivity index (χ0v) is 13.5. The van der Waals surface area contributed by atoms with E-state index in [2.05, 4.69) is 0 Å². The summed E-state index contributed by atoms with van der Waals surface area (Å²) in [6, 6.07) is -0.0481. The average Bonchev–Trinajstić information content (AvgIpc) is 2.62. The van der Waals surface area contributed by atoms with Crippen LogP contribution in [0.2, 0.25) is 0 Å². The van der Waals surface area contributed by atoms with Crippen molar-refractivity contribution in [1.82, 2.24) is 8.61 Å². The lowest BCUT2D eigenvalue weighted by molar-refractivity contribution is 0.182. The van der Waals surface area contributed by atoms with Crippen molar-refractivity contribution in [2.24, 2.45) is 5.73 Å². The van der Waals surface area contributed by atoms with Gasteiger partial charge in [-0.25, -0.2) is 0 Å². The van der Waals surface area contributed by atoms with Gasteiger partial charge in [0.2, 0.25) is 0 Å². The molecule has 114 valence electrons. The second-order valence-electron chi connectivity index (χ2n) is 5.93. The number of rotatable bonds is 5. The van der Waals surface area contributed by atoms with Crippen LogP contribution in [0.15, 0.2) is 0 Å². The van der Waals surface area contributed by atoms with E-state index in [1.54, 1.807) is 14.1 Å². The third kappa shape index (κ3) is 3.48. The monoisotopic (exact) mass is 291 g/mol. The van der Waals surface area contributed by atoms with Crippen LogP contribution in [0.25, 0.3) is 0 Å². The summed E-state index contributed by atoms with van der Waals surface area (Å²) in [5, 5.41) is 0. The molecule has 0 saturated heterocycles. The molecule has 0 heterocycles. The predicted molar refractivity (Wildman–Crippen MR) is 79.1 cm³/mol. The molecule has 0 bridgehead atoms. The van der Waals surface area contributed by atoms with Crippen LogP contribution in [0.1, 0.15) is 52.4 Å². The number of hydrogen-bond acceptors (Lipinski definition) is 3. The number of nitrogens with zero attached hydrogens (tertiary/aromatic N) is 2. The third-order valence-corrected chi connectivity index (χ3v) is 6.75. The van der Waals surface area contributed by atoms with Crippen LogP contribution in [0.5, 0.6) is 0 Å². The predicted octanol–water partition coefficient (Wildman–Crippen LogP) is 1.55. The van der Waals surface area contributed by atoms with E-state index in [-0.39, 0.29) is 6.04 Å². The molecule has 0 aromatic rings. The van der Waals surface area contributed by atoms with Gasteiger partial charge in [-0.15, -0.1) is 0 Å². The molecule has 0 atom stereocenters. The highest BCUT2D eigenvalue weighted by molar-refractivity contribution is 7.86. The Kier molecular flexibility index (Phi) is 5.79. The van der Waals surface area contributed by atoms with Gasteiger partial charge in [-0.3, -0.25) is 0 Å². The van der Waals surface area contributed by atoms with Crippen molar-refractivity contribution in [3.05, 3.63) is 0 Å². The van der Waals surface area contributed by atoms with Crippen LogP contribution in [-0.2, 0) is 10.2 Å². The topological polar surface area (TPSA) is 66.6 Å². The van der Waals surface area contributed by atoms with Crippen molar-refractivity contribution in [2.45, 2.75) is 64.0 Å². The SMILES string of the molecule is CC(C)N(C)S(=O)(=O)N(C)C1(CN)CCCCCC1. The van der Waals surface area contributed by atoms with Gasteiger partial charge in [-0.1, -0.05) is 25.7 Å². The summed E-state index contributed by atoms with van der Waals surface area (Å²) in [4.78, 5) is 0. The highest BCUT2D eigenvalue weighted by Gasteiger charge is 2.42. The summed E-state index contributed by atoms with van der Waals surface area (Å²) in [5.41, 5.74) is 5.55. The zero-order valence-electron chi connectivity index (χ0n) is 12.7. The van der Waals surface area contributed by atoms with Crippen molar-refractivity contribution in [2.75, 3.05) is 20.6 Å². The van der Waals surface area contributed by atoms with E-state index in [4.69, 9.17) is 5.73 Å². The van der Waals surface area contributed by atoms with E-state index in [1.807, 2.05) is 13.8 Å². The first kappa shape index (κ1) is 16.9. The van der Waals surface area contributed by atoms with E-state index in [0.29, 0.717) is 6.54 Å². The normalized spacial score (nSPS) is 21.1. The Hall–Kier alpha value is -0.170. The Balaban J connectivity index is 3.03. The van der Waals surface area contributed by atoms with E-state index >= 15 is 0 Å². The average molecular weight is 291 g/mol. The maximum Gasteiger partial charge on any atom is 0.282 e. The molecule has 0 amide bonds. The van der Waals surface area contributed by atoms with Gasteiger partial charge in [-0.05, 0) is 26.7 Å². The smallest absolute Gasteiger partial charge is 0.282 e. The molecule has 1 fully saturated rings.